The number of ether oxygens (including phenoxy) is 1. The first kappa shape index (κ1) is 25.6. The summed E-state index contributed by atoms with van der Waals surface area (Å²) in [5.74, 6) is -0.486. The normalized spacial score (nSPS) is 25.3. The van der Waals surface area contributed by atoms with E-state index in [0.29, 0.717) is 19.4 Å². The van der Waals surface area contributed by atoms with Crippen molar-refractivity contribution in [3.63, 3.8) is 0 Å². The van der Waals surface area contributed by atoms with E-state index in [1.165, 1.54) is 30.4 Å². The third-order valence-corrected chi connectivity index (χ3v) is 7.48. The number of hydrogen-bond donors (Lipinski definition) is 2. The lowest BCUT2D eigenvalue weighted by Crippen LogP contribution is -2.47. The summed E-state index contributed by atoms with van der Waals surface area (Å²) in [6.45, 7) is 2.66. The number of likely N-dealkylation sites (tertiary alicyclic amines) is 1. The summed E-state index contributed by atoms with van der Waals surface area (Å²) in [6, 6.07) is 19.1. The lowest BCUT2D eigenvalue weighted by Gasteiger charge is -2.38. The minimum Gasteiger partial charge on any atom is -0.481 e. The molecular weight excluding hydrogens is 438 g/mol. The Bertz CT molecular complexity index is 937. The Hall–Kier alpha value is -2.47. The number of allylic oxidation sites excluding steroid dienone is 2. The number of benzene rings is 2. The Kier molecular flexibility index (Phi) is 9.52. The van der Waals surface area contributed by atoms with Crippen molar-refractivity contribution in [2.45, 2.75) is 76.2 Å². The van der Waals surface area contributed by atoms with Crippen LogP contribution in [0.1, 0.15) is 56.9 Å². The van der Waals surface area contributed by atoms with Crippen LogP contribution in [0.3, 0.4) is 0 Å². The Morgan fingerprint density at radius 2 is 1.63 bits per heavy atom. The average molecular weight is 478 g/mol. The van der Waals surface area contributed by atoms with Crippen LogP contribution >= 0.6 is 0 Å². The molecule has 2 aromatic rings. The van der Waals surface area contributed by atoms with Crippen LogP contribution in [-0.2, 0) is 16.1 Å². The number of rotatable bonds is 11. The van der Waals surface area contributed by atoms with E-state index >= 15 is 0 Å². The van der Waals surface area contributed by atoms with Crippen LogP contribution in [0.2, 0.25) is 0 Å². The molecule has 0 radical (unpaired) electrons. The number of nitrogens with zero attached hydrogens (tertiary/aromatic N) is 1. The Balaban J connectivity index is 1.37. The van der Waals surface area contributed by atoms with E-state index in [4.69, 9.17) is 9.84 Å². The van der Waals surface area contributed by atoms with Gasteiger partial charge in [-0.15, -0.1) is 0 Å². The zero-order valence-corrected chi connectivity index (χ0v) is 20.6. The summed E-state index contributed by atoms with van der Waals surface area (Å²) in [6.07, 6.45) is 10.6. The first-order valence-corrected chi connectivity index (χ1v) is 13.2. The molecule has 0 spiro atoms. The predicted molar refractivity (Wildman–Crippen MR) is 139 cm³/mol. The maximum absolute atomic E-state index is 11.0. The number of carboxylic acid groups (broad SMARTS) is 1. The van der Waals surface area contributed by atoms with Gasteiger partial charge in [-0.05, 0) is 61.9 Å². The van der Waals surface area contributed by atoms with E-state index < -0.39 is 5.97 Å². The summed E-state index contributed by atoms with van der Waals surface area (Å²) >= 11 is 0. The highest BCUT2D eigenvalue weighted by Crippen LogP contribution is 2.38. The van der Waals surface area contributed by atoms with Gasteiger partial charge in [-0.3, -0.25) is 9.69 Å². The molecule has 1 aliphatic heterocycles. The molecule has 35 heavy (non-hydrogen) atoms. The number of carbonyl (C=O) groups is 1. The predicted octanol–water partition coefficient (Wildman–Crippen LogP) is 5.68. The van der Waals surface area contributed by atoms with Gasteiger partial charge in [-0.25, -0.2) is 0 Å². The third kappa shape index (κ3) is 7.26. The van der Waals surface area contributed by atoms with Crippen LogP contribution in [0.15, 0.2) is 66.7 Å². The monoisotopic (exact) mass is 477 g/mol. The number of piperidine rings is 1. The standard InChI is InChI=1S/C30H39NO4/c32-27-21-28(35-22-23-15-17-25(18-16-23)24-11-5-3-6-12-24)26(13-7-1-2-8-14-29(33)34)30(27)31-19-9-4-10-20-31/h1-3,5-6,11-12,15-18,26-28,30,32H,4,7-10,13-14,19-22H2,(H,33,34)/b2-1+/t26-,27-,28-,30+/m0/s1. The van der Waals surface area contributed by atoms with Gasteiger partial charge in [0.15, 0.2) is 0 Å². The van der Waals surface area contributed by atoms with Crippen molar-refractivity contribution in [2.75, 3.05) is 13.1 Å². The molecule has 1 aliphatic carbocycles. The van der Waals surface area contributed by atoms with Gasteiger partial charge in [0, 0.05) is 24.8 Å². The fourth-order valence-electron chi connectivity index (χ4n) is 5.69. The molecule has 2 fully saturated rings. The highest BCUT2D eigenvalue weighted by molar-refractivity contribution is 5.66. The lowest BCUT2D eigenvalue weighted by molar-refractivity contribution is -0.136. The molecule has 0 unspecified atom stereocenters. The van der Waals surface area contributed by atoms with Crippen molar-refractivity contribution in [2.24, 2.45) is 5.92 Å². The molecule has 2 N–H and O–H groups in total. The van der Waals surface area contributed by atoms with E-state index in [2.05, 4.69) is 59.5 Å². The van der Waals surface area contributed by atoms with Crippen molar-refractivity contribution < 1.29 is 19.7 Å². The molecule has 2 aromatic carbocycles. The van der Waals surface area contributed by atoms with Gasteiger partial charge in [0.1, 0.15) is 0 Å². The Morgan fingerprint density at radius 1 is 0.943 bits per heavy atom. The summed E-state index contributed by atoms with van der Waals surface area (Å²) < 4.78 is 6.46. The lowest BCUT2D eigenvalue weighted by atomic mass is 9.92. The number of aliphatic carboxylic acids is 1. The molecule has 4 rings (SSSR count). The van der Waals surface area contributed by atoms with Crippen molar-refractivity contribution in [3.8, 4) is 11.1 Å². The number of hydrogen-bond acceptors (Lipinski definition) is 4. The summed E-state index contributed by atoms with van der Waals surface area (Å²) in [5, 5.41) is 19.9. The molecule has 0 amide bonds. The Labute approximate surface area is 209 Å². The maximum Gasteiger partial charge on any atom is 0.303 e. The number of aliphatic hydroxyl groups excluding tert-OH is 1. The van der Waals surface area contributed by atoms with Crippen molar-refractivity contribution in [1.82, 2.24) is 4.90 Å². The van der Waals surface area contributed by atoms with Gasteiger partial charge in [0.05, 0.1) is 18.8 Å². The fourth-order valence-corrected chi connectivity index (χ4v) is 5.69. The van der Waals surface area contributed by atoms with Crippen LogP contribution in [0.25, 0.3) is 11.1 Å². The molecule has 1 heterocycles. The molecule has 1 saturated heterocycles. The zero-order chi connectivity index (χ0) is 24.5. The Morgan fingerprint density at radius 3 is 2.34 bits per heavy atom. The highest BCUT2D eigenvalue weighted by atomic mass is 16.5. The van der Waals surface area contributed by atoms with Crippen LogP contribution in [0, 0.1) is 5.92 Å². The fraction of sp³-hybridized carbons (Fsp3) is 0.500. The summed E-state index contributed by atoms with van der Waals surface area (Å²) in [7, 11) is 0. The number of aliphatic hydroxyl groups is 1. The van der Waals surface area contributed by atoms with Crippen molar-refractivity contribution >= 4 is 5.97 Å². The topological polar surface area (TPSA) is 70.0 Å². The van der Waals surface area contributed by atoms with Crippen molar-refractivity contribution in [3.05, 3.63) is 72.3 Å². The van der Waals surface area contributed by atoms with Crippen LogP contribution in [0.5, 0.6) is 0 Å². The maximum atomic E-state index is 11.0. The first-order chi connectivity index (χ1) is 17.1. The zero-order valence-electron chi connectivity index (χ0n) is 20.6. The third-order valence-electron chi connectivity index (χ3n) is 7.48. The summed E-state index contributed by atoms with van der Waals surface area (Å²) in [4.78, 5) is 13.2. The second kappa shape index (κ2) is 13.0. The molecule has 1 saturated carbocycles. The van der Waals surface area contributed by atoms with Crippen LogP contribution in [-0.4, -0.2) is 52.4 Å². The van der Waals surface area contributed by atoms with E-state index in [0.717, 1.165) is 31.5 Å². The van der Waals surface area contributed by atoms with Gasteiger partial charge < -0.3 is 14.9 Å². The van der Waals surface area contributed by atoms with Crippen molar-refractivity contribution in [1.29, 1.82) is 0 Å². The summed E-state index contributed by atoms with van der Waals surface area (Å²) in [5.41, 5.74) is 3.55. The molecule has 4 atom stereocenters. The van der Waals surface area contributed by atoms with E-state index in [1.807, 2.05) is 12.1 Å². The van der Waals surface area contributed by atoms with E-state index in [-0.39, 0.29) is 30.6 Å². The second-order valence-electron chi connectivity index (χ2n) is 9.95. The molecule has 2 aliphatic rings. The van der Waals surface area contributed by atoms with E-state index in [9.17, 15) is 9.90 Å². The smallest absolute Gasteiger partial charge is 0.303 e. The van der Waals surface area contributed by atoms with Gasteiger partial charge >= 0.3 is 5.97 Å². The highest BCUT2D eigenvalue weighted by Gasteiger charge is 2.45. The van der Waals surface area contributed by atoms with Crippen LogP contribution in [0.4, 0.5) is 0 Å². The second-order valence-corrected chi connectivity index (χ2v) is 9.95. The van der Waals surface area contributed by atoms with Gasteiger partial charge in [-0.1, -0.05) is 73.2 Å². The van der Waals surface area contributed by atoms with Gasteiger partial charge in [0.2, 0.25) is 0 Å². The number of carboxylic acids is 1. The van der Waals surface area contributed by atoms with Crippen LogP contribution < -0.4 is 0 Å². The minimum atomic E-state index is -0.760. The van der Waals surface area contributed by atoms with Gasteiger partial charge in [-0.2, -0.15) is 0 Å². The van der Waals surface area contributed by atoms with Gasteiger partial charge in [0.25, 0.3) is 0 Å². The minimum absolute atomic E-state index is 0.0261. The molecule has 0 aromatic heterocycles. The van der Waals surface area contributed by atoms with E-state index in [1.54, 1.807) is 0 Å². The molecule has 0 bridgehead atoms. The molecule has 5 heteroatoms. The molecule has 5 nitrogen and oxygen atoms in total. The molecular formula is C30H39NO4. The average Bonchev–Trinajstić information content (AvgIpc) is 3.20. The first-order valence-electron chi connectivity index (χ1n) is 13.2. The molecule has 188 valence electrons. The SMILES string of the molecule is O=C(O)CC/C=C/CC[C@@H]1[C@@H](N2CCCCC2)[C@@H](O)C[C@@H]1OCc1ccc(-c2ccccc2)cc1. The quantitative estimate of drug-likeness (QED) is 0.408. The largest absolute Gasteiger partial charge is 0.481 e.